The van der Waals surface area contributed by atoms with Gasteiger partial charge in [0.15, 0.2) is 0 Å². The number of aryl methyl sites for hydroxylation is 2. The molecule has 0 bridgehead atoms. The molecule has 0 amide bonds. The van der Waals surface area contributed by atoms with E-state index in [1.54, 1.807) is 7.11 Å². The van der Waals surface area contributed by atoms with Gasteiger partial charge in [-0.2, -0.15) is 0 Å². The van der Waals surface area contributed by atoms with Crippen LogP contribution in [0.4, 0.5) is 5.82 Å². The van der Waals surface area contributed by atoms with Crippen LogP contribution in [0.1, 0.15) is 30.4 Å². The first-order valence-corrected chi connectivity index (χ1v) is 7.45. The van der Waals surface area contributed by atoms with Crippen LogP contribution < -0.4 is 5.32 Å². The van der Waals surface area contributed by atoms with Crippen LogP contribution in [0.2, 0.25) is 0 Å². The highest BCUT2D eigenvalue weighted by Crippen LogP contribution is 2.11. The van der Waals surface area contributed by atoms with Gasteiger partial charge in [-0.3, -0.25) is 0 Å². The zero-order valence-electron chi connectivity index (χ0n) is 12.8. The molecule has 1 aromatic heterocycles. The van der Waals surface area contributed by atoms with Crippen LogP contribution in [0.3, 0.4) is 0 Å². The van der Waals surface area contributed by atoms with Crippen LogP contribution >= 0.6 is 0 Å². The van der Waals surface area contributed by atoms with Crippen LogP contribution in [0.5, 0.6) is 0 Å². The Hall–Kier alpha value is -1.94. The van der Waals surface area contributed by atoms with E-state index in [4.69, 9.17) is 4.74 Å². The Balaban J connectivity index is 2.07. The van der Waals surface area contributed by atoms with E-state index in [1.165, 1.54) is 5.56 Å². The second-order valence-electron chi connectivity index (χ2n) is 5.01. The Morgan fingerprint density at radius 1 is 1.10 bits per heavy atom. The molecule has 0 fully saturated rings. The number of anilines is 1. The summed E-state index contributed by atoms with van der Waals surface area (Å²) >= 11 is 0. The molecular formula is C17H23N3O. The summed E-state index contributed by atoms with van der Waals surface area (Å²) in [4.78, 5) is 9.16. The monoisotopic (exact) mass is 285 g/mol. The van der Waals surface area contributed by atoms with E-state index in [0.29, 0.717) is 6.61 Å². The molecule has 1 heterocycles. The van der Waals surface area contributed by atoms with Gasteiger partial charge < -0.3 is 10.1 Å². The number of aromatic nitrogens is 2. The lowest BCUT2D eigenvalue weighted by Crippen LogP contribution is -2.08. The van der Waals surface area contributed by atoms with Gasteiger partial charge in [0, 0.05) is 26.1 Å². The second kappa shape index (κ2) is 8.37. The molecule has 1 aromatic carbocycles. The number of methoxy groups -OCH3 is 1. The largest absolute Gasteiger partial charge is 0.378 e. The Bertz CT molecular complexity index is 543. The standard InChI is InChI=1S/C17H23N3O/c1-3-11-18-17-12-15(13-21-2)19-16(20-17)10-9-14-7-5-4-6-8-14/h4-8,12H,3,9-11,13H2,1-2H3,(H,18,19,20). The highest BCUT2D eigenvalue weighted by Gasteiger charge is 2.05. The van der Waals surface area contributed by atoms with Crippen molar-refractivity contribution < 1.29 is 4.74 Å². The van der Waals surface area contributed by atoms with E-state index in [2.05, 4.69) is 46.5 Å². The van der Waals surface area contributed by atoms with E-state index < -0.39 is 0 Å². The molecule has 0 saturated heterocycles. The summed E-state index contributed by atoms with van der Waals surface area (Å²) in [7, 11) is 1.69. The molecule has 1 N–H and O–H groups in total. The number of ether oxygens (including phenoxy) is 1. The van der Waals surface area contributed by atoms with Crippen LogP contribution in [-0.2, 0) is 24.2 Å². The van der Waals surface area contributed by atoms with Crippen molar-refractivity contribution in [2.24, 2.45) is 0 Å². The maximum atomic E-state index is 5.19. The minimum atomic E-state index is 0.516. The van der Waals surface area contributed by atoms with Crippen LogP contribution in [0, 0.1) is 0 Å². The van der Waals surface area contributed by atoms with Crippen molar-refractivity contribution >= 4 is 5.82 Å². The predicted octanol–water partition coefficient (Wildman–Crippen LogP) is 3.23. The topological polar surface area (TPSA) is 47.0 Å². The molecule has 4 heteroatoms. The smallest absolute Gasteiger partial charge is 0.131 e. The van der Waals surface area contributed by atoms with Crippen LogP contribution in [-0.4, -0.2) is 23.6 Å². The van der Waals surface area contributed by atoms with Crippen molar-refractivity contribution in [2.75, 3.05) is 19.0 Å². The Morgan fingerprint density at radius 3 is 2.62 bits per heavy atom. The molecule has 2 aromatic rings. The van der Waals surface area contributed by atoms with Crippen molar-refractivity contribution in [3.63, 3.8) is 0 Å². The first-order chi connectivity index (χ1) is 10.3. The fraction of sp³-hybridized carbons (Fsp3) is 0.412. The van der Waals surface area contributed by atoms with E-state index in [9.17, 15) is 0 Å². The second-order valence-corrected chi connectivity index (χ2v) is 5.01. The average Bonchev–Trinajstić information content (AvgIpc) is 2.52. The SMILES string of the molecule is CCCNc1cc(COC)nc(CCc2ccccc2)n1. The van der Waals surface area contributed by atoms with Gasteiger partial charge in [-0.25, -0.2) is 9.97 Å². The molecule has 0 aliphatic heterocycles. The number of nitrogens with one attached hydrogen (secondary N) is 1. The molecule has 21 heavy (non-hydrogen) atoms. The molecule has 2 rings (SSSR count). The molecule has 0 radical (unpaired) electrons. The third-order valence-corrected chi connectivity index (χ3v) is 3.15. The van der Waals surface area contributed by atoms with Crippen molar-refractivity contribution in [3.8, 4) is 0 Å². The predicted molar refractivity (Wildman–Crippen MR) is 85.4 cm³/mol. The van der Waals surface area contributed by atoms with Gasteiger partial charge in [-0.15, -0.1) is 0 Å². The van der Waals surface area contributed by atoms with Gasteiger partial charge >= 0.3 is 0 Å². The number of hydrogen-bond donors (Lipinski definition) is 1. The van der Waals surface area contributed by atoms with E-state index >= 15 is 0 Å². The number of nitrogens with zero attached hydrogens (tertiary/aromatic N) is 2. The first-order valence-electron chi connectivity index (χ1n) is 7.45. The summed E-state index contributed by atoms with van der Waals surface area (Å²) in [5, 5.41) is 3.33. The van der Waals surface area contributed by atoms with Gasteiger partial charge in [-0.1, -0.05) is 37.3 Å². The molecule has 4 nitrogen and oxygen atoms in total. The van der Waals surface area contributed by atoms with E-state index in [1.807, 2.05) is 12.1 Å². The Kier molecular flexibility index (Phi) is 6.16. The minimum absolute atomic E-state index is 0.516. The molecule has 0 atom stereocenters. The van der Waals surface area contributed by atoms with E-state index in [0.717, 1.165) is 43.1 Å². The summed E-state index contributed by atoms with van der Waals surface area (Å²) < 4.78 is 5.19. The molecule has 0 aliphatic rings. The average molecular weight is 285 g/mol. The normalized spacial score (nSPS) is 10.6. The minimum Gasteiger partial charge on any atom is -0.378 e. The van der Waals surface area contributed by atoms with Gasteiger partial charge in [-0.05, 0) is 18.4 Å². The van der Waals surface area contributed by atoms with Gasteiger partial charge in [0.2, 0.25) is 0 Å². The quantitative estimate of drug-likeness (QED) is 0.809. The third-order valence-electron chi connectivity index (χ3n) is 3.15. The summed E-state index contributed by atoms with van der Waals surface area (Å²) in [6.07, 6.45) is 2.86. The fourth-order valence-electron chi connectivity index (χ4n) is 2.13. The lowest BCUT2D eigenvalue weighted by molar-refractivity contribution is 0.181. The van der Waals surface area contributed by atoms with Crippen LogP contribution in [0.15, 0.2) is 36.4 Å². The van der Waals surface area contributed by atoms with Crippen molar-refractivity contribution in [3.05, 3.63) is 53.5 Å². The van der Waals surface area contributed by atoms with Crippen molar-refractivity contribution in [1.29, 1.82) is 0 Å². The molecule has 0 spiro atoms. The van der Waals surface area contributed by atoms with Gasteiger partial charge in [0.1, 0.15) is 11.6 Å². The number of benzene rings is 1. The first kappa shape index (κ1) is 15.4. The lowest BCUT2D eigenvalue weighted by Gasteiger charge is -2.09. The zero-order chi connectivity index (χ0) is 14.9. The van der Waals surface area contributed by atoms with Crippen molar-refractivity contribution in [1.82, 2.24) is 9.97 Å². The molecule has 0 saturated carbocycles. The fourth-order valence-corrected chi connectivity index (χ4v) is 2.13. The molecule has 0 aliphatic carbocycles. The number of hydrogen-bond acceptors (Lipinski definition) is 4. The Morgan fingerprint density at radius 2 is 1.90 bits per heavy atom. The third kappa shape index (κ3) is 5.16. The van der Waals surface area contributed by atoms with Crippen LogP contribution in [0.25, 0.3) is 0 Å². The summed E-state index contributed by atoms with van der Waals surface area (Å²) in [5.41, 5.74) is 2.23. The number of rotatable bonds is 8. The zero-order valence-corrected chi connectivity index (χ0v) is 12.8. The van der Waals surface area contributed by atoms with Gasteiger partial charge in [0.25, 0.3) is 0 Å². The van der Waals surface area contributed by atoms with Gasteiger partial charge in [0.05, 0.1) is 12.3 Å². The highest BCUT2D eigenvalue weighted by atomic mass is 16.5. The van der Waals surface area contributed by atoms with E-state index in [-0.39, 0.29) is 0 Å². The molecule has 112 valence electrons. The lowest BCUT2D eigenvalue weighted by atomic mass is 10.1. The summed E-state index contributed by atoms with van der Waals surface area (Å²) in [5.74, 6) is 1.76. The highest BCUT2D eigenvalue weighted by molar-refractivity contribution is 5.36. The maximum Gasteiger partial charge on any atom is 0.131 e. The Labute approximate surface area is 126 Å². The molecular weight excluding hydrogens is 262 g/mol. The maximum absolute atomic E-state index is 5.19. The van der Waals surface area contributed by atoms with Crippen molar-refractivity contribution in [2.45, 2.75) is 32.8 Å². The summed E-state index contributed by atoms with van der Waals surface area (Å²) in [6, 6.07) is 12.4. The summed E-state index contributed by atoms with van der Waals surface area (Å²) in [6.45, 7) is 3.57. The molecule has 0 unspecified atom stereocenters.